The van der Waals surface area contributed by atoms with Crippen molar-refractivity contribution in [2.75, 3.05) is 19.0 Å². The molecule has 0 aliphatic heterocycles. The molecule has 0 saturated carbocycles. The first kappa shape index (κ1) is 17.3. The standard InChI is InChI=1S/C18H19ClN4O2/c1-11(18-22-14-5-3-4-6-15(14)23-18)20-10-17(24)21-12-7-8-13(19)16(9-12)25-2/h3-9,11,20H,10H2,1-2H3,(H,21,24)(H,22,23)/t11-/m1/s1. The minimum Gasteiger partial charge on any atom is -0.495 e. The number of carbonyl (C=O) groups is 1. The summed E-state index contributed by atoms with van der Waals surface area (Å²) in [5.74, 6) is 1.15. The van der Waals surface area contributed by atoms with Crippen LogP contribution in [0.2, 0.25) is 5.02 Å². The van der Waals surface area contributed by atoms with Crippen LogP contribution in [0, 0.1) is 0 Å². The van der Waals surface area contributed by atoms with E-state index in [4.69, 9.17) is 16.3 Å². The summed E-state index contributed by atoms with van der Waals surface area (Å²) < 4.78 is 5.14. The monoisotopic (exact) mass is 358 g/mol. The number of H-pyrrole nitrogens is 1. The molecule has 0 bridgehead atoms. The van der Waals surface area contributed by atoms with Gasteiger partial charge in [0.05, 0.1) is 35.8 Å². The Morgan fingerprint density at radius 3 is 2.88 bits per heavy atom. The van der Waals surface area contributed by atoms with E-state index in [1.54, 1.807) is 18.2 Å². The number of imidazole rings is 1. The molecule has 3 aromatic rings. The fourth-order valence-corrected chi connectivity index (χ4v) is 2.66. The van der Waals surface area contributed by atoms with Crippen LogP contribution in [0.25, 0.3) is 11.0 Å². The lowest BCUT2D eigenvalue weighted by atomic mass is 10.3. The van der Waals surface area contributed by atoms with Gasteiger partial charge in [0.1, 0.15) is 11.6 Å². The number of nitrogens with one attached hydrogen (secondary N) is 3. The maximum absolute atomic E-state index is 12.1. The number of aromatic nitrogens is 2. The van der Waals surface area contributed by atoms with Gasteiger partial charge in [-0.3, -0.25) is 10.1 Å². The topological polar surface area (TPSA) is 79.0 Å². The van der Waals surface area contributed by atoms with Gasteiger partial charge < -0.3 is 15.0 Å². The van der Waals surface area contributed by atoms with Crippen LogP contribution in [0.1, 0.15) is 18.8 Å². The maximum atomic E-state index is 12.1. The van der Waals surface area contributed by atoms with Gasteiger partial charge in [0, 0.05) is 11.8 Å². The zero-order chi connectivity index (χ0) is 17.8. The predicted octanol–water partition coefficient (Wildman–Crippen LogP) is 3.51. The van der Waals surface area contributed by atoms with E-state index in [0.717, 1.165) is 16.9 Å². The minimum atomic E-state index is -0.160. The number of carbonyl (C=O) groups excluding carboxylic acids is 1. The third kappa shape index (κ3) is 4.10. The summed E-state index contributed by atoms with van der Waals surface area (Å²) in [4.78, 5) is 19.9. The molecule has 1 atom stereocenters. The molecule has 0 unspecified atom stereocenters. The Hall–Kier alpha value is -2.57. The van der Waals surface area contributed by atoms with Gasteiger partial charge in [-0.2, -0.15) is 0 Å². The highest BCUT2D eigenvalue weighted by Gasteiger charge is 2.12. The molecule has 25 heavy (non-hydrogen) atoms. The number of hydrogen-bond acceptors (Lipinski definition) is 4. The second kappa shape index (κ2) is 7.55. The molecule has 130 valence electrons. The van der Waals surface area contributed by atoms with Gasteiger partial charge >= 0.3 is 0 Å². The van der Waals surface area contributed by atoms with Crippen molar-refractivity contribution in [3.8, 4) is 5.75 Å². The molecule has 1 aromatic heterocycles. The molecule has 0 saturated heterocycles. The SMILES string of the molecule is COc1cc(NC(=O)CN[C@H](C)c2nc3ccccc3[nH]2)ccc1Cl. The molecule has 2 aromatic carbocycles. The van der Waals surface area contributed by atoms with E-state index in [1.165, 1.54) is 7.11 Å². The largest absolute Gasteiger partial charge is 0.495 e. The molecule has 6 nitrogen and oxygen atoms in total. The van der Waals surface area contributed by atoms with Crippen LogP contribution < -0.4 is 15.4 Å². The van der Waals surface area contributed by atoms with Gasteiger partial charge in [0.15, 0.2) is 0 Å². The normalized spacial score (nSPS) is 12.1. The number of rotatable bonds is 6. The van der Waals surface area contributed by atoms with Crippen LogP contribution in [0.3, 0.4) is 0 Å². The molecule has 0 spiro atoms. The Morgan fingerprint density at radius 2 is 2.12 bits per heavy atom. The van der Waals surface area contributed by atoms with Gasteiger partial charge in [0.2, 0.25) is 5.91 Å². The Bertz CT molecular complexity index is 861. The highest BCUT2D eigenvalue weighted by Crippen LogP contribution is 2.27. The van der Waals surface area contributed by atoms with Crippen molar-refractivity contribution < 1.29 is 9.53 Å². The quantitative estimate of drug-likeness (QED) is 0.630. The molecule has 0 fully saturated rings. The third-order valence-corrected chi connectivity index (χ3v) is 4.13. The molecule has 0 aliphatic rings. The van der Waals surface area contributed by atoms with Crippen LogP contribution >= 0.6 is 11.6 Å². The summed E-state index contributed by atoms with van der Waals surface area (Å²) in [5, 5.41) is 6.46. The number of benzene rings is 2. The van der Waals surface area contributed by atoms with E-state index < -0.39 is 0 Å². The van der Waals surface area contributed by atoms with Crippen molar-refractivity contribution in [2.45, 2.75) is 13.0 Å². The molecule has 0 aliphatic carbocycles. The predicted molar refractivity (Wildman–Crippen MR) is 99.1 cm³/mol. The van der Waals surface area contributed by atoms with Crippen LogP contribution in [0.15, 0.2) is 42.5 Å². The number of ether oxygens (including phenoxy) is 1. The summed E-state index contributed by atoms with van der Waals surface area (Å²) in [6, 6.07) is 12.8. The van der Waals surface area contributed by atoms with Crippen molar-refractivity contribution in [3.05, 3.63) is 53.3 Å². The Morgan fingerprint density at radius 1 is 1.32 bits per heavy atom. The molecule has 1 heterocycles. The van der Waals surface area contributed by atoms with Crippen molar-refractivity contribution in [1.82, 2.24) is 15.3 Å². The Labute approximate surface area is 150 Å². The fourth-order valence-electron chi connectivity index (χ4n) is 2.46. The number of methoxy groups -OCH3 is 1. The van der Waals surface area contributed by atoms with E-state index in [2.05, 4.69) is 20.6 Å². The minimum absolute atomic E-state index is 0.0853. The Kier molecular flexibility index (Phi) is 5.21. The smallest absolute Gasteiger partial charge is 0.238 e. The molecule has 1 amide bonds. The number of para-hydroxylation sites is 2. The fraction of sp³-hybridized carbons (Fsp3) is 0.222. The lowest BCUT2D eigenvalue weighted by molar-refractivity contribution is -0.115. The van der Waals surface area contributed by atoms with Crippen LogP contribution in [0.5, 0.6) is 5.75 Å². The highest BCUT2D eigenvalue weighted by atomic mass is 35.5. The first-order valence-electron chi connectivity index (χ1n) is 7.88. The lowest BCUT2D eigenvalue weighted by Crippen LogP contribution is -2.30. The summed E-state index contributed by atoms with van der Waals surface area (Å²) in [6.45, 7) is 2.11. The Balaban J connectivity index is 1.58. The summed E-state index contributed by atoms with van der Waals surface area (Å²) in [5.41, 5.74) is 2.51. The zero-order valence-electron chi connectivity index (χ0n) is 14.0. The van der Waals surface area contributed by atoms with Gasteiger partial charge in [-0.1, -0.05) is 23.7 Å². The van der Waals surface area contributed by atoms with Crippen LogP contribution in [-0.4, -0.2) is 29.5 Å². The summed E-state index contributed by atoms with van der Waals surface area (Å²) in [6.07, 6.45) is 0. The van der Waals surface area contributed by atoms with E-state index in [1.807, 2.05) is 31.2 Å². The first-order valence-corrected chi connectivity index (χ1v) is 8.26. The molecular weight excluding hydrogens is 340 g/mol. The summed E-state index contributed by atoms with van der Waals surface area (Å²) >= 11 is 5.98. The van der Waals surface area contributed by atoms with Crippen molar-refractivity contribution in [3.63, 3.8) is 0 Å². The first-order chi connectivity index (χ1) is 12.1. The molecule has 3 rings (SSSR count). The van der Waals surface area contributed by atoms with Gasteiger partial charge in [-0.05, 0) is 31.2 Å². The van der Waals surface area contributed by atoms with E-state index in [0.29, 0.717) is 16.5 Å². The number of anilines is 1. The second-order valence-electron chi connectivity index (χ2n) is 5.64. The van der Waals surface area contributed by atoms with Crippen molar-refractivity contribution >= 4 is 34.2 Å². The number of hydrogen-bond donors (Lipinski definition) is 3. The van der Waals surface area contributed by atoms with Crippen LogP contribution in [-0.2, 0) is 4.79 Å². The summed E-state index contributed by atoms with van der Waals surface area (Å²) in [7, 11) is 1.53. The van der Waals surface area contributed by atoms with E-state index >= 15 is 0 Å². The van der Waals surface area contributed by atoms with Crippen molar-refractivity contribution in [1.29, 1.82) is 0 Å². The van der Waals surface area contributed by atoms with E-state index in [-0.39, 0.29) is 18.5 Å². The number of aromatic amines is 1. The van der Waals surface area contributed by atoms with Crippen molar-refractivity contribution in [2.24, 2.45) is 0 Å². The lowest BCUT2D eigenvalue weighted by Gasteiger charge is -2.12. The van der Waals surface area contributed by atoms with Gasteiger partial charge in [-0.15, -0.1) is 0 Å². The zero-order valence-corrected chi connectivity index (χ0v) is 14.7. The van der Waals surface area contributed by atoms with E-state index in [9.17, 15) is 4.79 Å². The average Bonchev–Trinajstić information content (AvgIpc) is 3.05. The van der Waals surface area contributed by atoms with Crippen LogP contribution in [0.4, 0.5) is 5.69 Å². The number of fused-ring (bicyclic) bond motifs is 1. The molecular formula is C18H19ClN4O2. The second-order valence-corrected chi connectivity index (χ2v) is 6.05. The van der Waals surface area contributed by atoms with Gasteiger partial charge in [-0.25, -0.2) is 4.98 Å². The third-order valence-electron chi connectivity index (χ3n) is 3.82. The highest BCUT2D eigenvalue weighted by molar-refractivity contribution is 6.32. The maximum Gasteiger partial charge on any atom is 0.238 e. The number of nitrogens with zero attached hydrogens (tertiary/aromatic N) is 1. The van der Waals surface area contributed by atoms with Gasteiger partial charge in [0.25, 0.3) is 0 Å². The number of halogens is 1. The number of amides is 1. The average molecular weight is 359 g/mol. The molecule has 3 N–H and O–H groups in total. The molecule has 0 radical (unpaired) electrons. The molecule has 7 heteroatoms.